The van der Waals surface area contributed by atoms with Gasteiger partial charge >= 0.3 is 0 Å². The molecule has 0 aliphatic rings. The smallest absolute Gasteiger partial charge is 0.237 e. The standard InChI is InChI=1S/C19H40N2O/c1-5-9-10-11-12-13-14-15-17-20-19(22)18(16-6-2)21(7-3)8-4/h18H,5-17H2,1-4H3,(H,20,22). The second-order valence-electron chi connectivity index (χ2n) is 6.29. The fourth-order valence-corrected chi connectivity index (χ4v) is 3.01. The highest BCUT2D eigenvalue weighted by Gasteiger charge is 2.22. The van der Waals surface area contributed by atoms with Crippen molar-refractivity contribution in [2.75, 3.05) is 19.6 Å². The molecule has 1 atom stereocenters. The molecule has 0 aliphatic carbocycles. The minimum atomic E-state index is 0.0639. The van der Waals surface area contributed by atoms with Crippen molar-refractivity contribution in [3.63, 3.8) is 0 Å². The van der Waals surface area contributed by atoms with Crippen LogP contribution in [0, 0.1) is 0 Å². The number of nitrogens with one attached hydrogen (secondary N) is 1. The van der Waals surface area contributed by atoms with E-state index >= 15 is 0 Å². The lowest BCUT2D eigenvalue weighted by molar-refractivity contribution is -0.126. The van der Waals surface area contributed by atoms with E-state index in [4.69, 9.17) is 0 Å². The summed E-state index contributed by atoms with van der Waals surface area (Å²) in [5.41, 5.74) is 0. The zero-order valence-corrected chi connectivity index (χ0v) is 15.6. The lowest BCUT2D eigenvalue weighted by Gasteiger charge is -2.28. The van der Waals surface area contributed by atoms with Crippen LogP contribution in [0.3, 0.4) is 0 Å². The summed E-state index contributed by atoms with van der Waals surface area (Å²) in [6, 6.07) is 0.0639. The molecule has 3 heteroatoms. The van der Waals surface area contributed by atoms with Crippen LogP contribution in [0.15, 0.2) is 0 Å². The number of carbonyl (C=O) groups is 1. The summed E-state index contributed by atoms with van der Waals surface area (Å²) >= 11 is 0. The summed E-state index contributed by atoms with van der Waals surface area (Å²) in [6.45, 7) is 11.4. The largest absolute Gasteiger partial charge is 0.355 e. The van der Waals surface area contributed by atoms with Crippen LogP contribution in [0.4, 0.5) is 0 Å². The lowest BCUT2D eigenvalue weighted by Crippen LogP contribution is -2.47. The molecule has 0 radical (unpaired) electrons. The Morgan fingerprint density at radius 3 is 1.86 bits per heavy atom. The molecule has 0 aromatic carbocycles. The van der Waals surface area contributed by atoms with Crippen molar-refractivity contribution < 1.29 is 4.79 Å². The highest BCUT2D eigenvalue weighted by molar-refractivity contribution is 5.81. The topological polar surface area (TPSA) is 32.3 Å². The quantitative estimate of drug-likeness (QED) is 0.442. The Morgan fingerprint density at radius 1 is 0.818 bits per heavy atom. The van der Waals surface area contributed by atoms with Gasteiger partial charge in [0.05, 0.1) is 6.04 Å². The molecule has 22 heavy (non-hydrogen) atoms. The number of nitrogens with zero attached hydrogens (tertiary/aromatic N) is 1. The second kappa shape index (κ2) is 15.3. The number of likely N-dealkylation sites (N-methyl/N-ethyl adjacent to an activating group) is 1. The summed E-state index contributed by atoms with van der Waals surface area (Å²) < 4.78 is 0. The summed E-state index contributed by atoms with van der Waals surface area (Å²) in [6.07, 6.45) is 12.5. The molecule has 0 spiro atoms. The van der Waals surface area contributed by atoms with Gasteiger partial charge in [0.15, 0.2) is 0 Å². The number of carbonyl (C=O) groups excluding carboxylic acids is 1. The van der Waals surface area contributed by atoms with Gasteiger partial charge in [-0.15, -0.1) is 0 Å². The highest BCUT2D eigenvalue weighted by Crippen LogP contribution is 2.09. The molecule has 1 amide bonds. The van der Waals surface area contributed by atoms with Crippen molar-refractivity contribution in [3.8, 4) is 0 Å². The molecule has 3 nitrogen and oxygen atoms in total. The van der Waals surface area contributed by atoms with Crippen molar-refractivity contribution >= 4 is 5.91 Å². The van der Waals surface area contributed by atoms with E-state index < -0.39 is 0 Å². The van der Waals surface area contributed by atoms with Crippen LogP contribution in [0.25, 0.3) is 0 Å². The van der Waals surface area contributed by atoms with E-state index in [0.717, 1.165) is 38.9 Å². The Labute approximate surface area is 139 Å². The maximum absolute atomic E-state index is 12.3. The van der Waals surface area contributed by atoms with Gasteiger partial charge < -0.3 is 5.32 Å². The third-order valence-corrected chi connectivity index (χ3v) is 4.45. The number of amides is 1. The van der Waals surface area contributed by atoms with Crippen molar-refractivity contribution in [2.45, 2.75) is 97.9 Å². The highest BCUT2D eigenvalue weighted by atomic mass is 16.2. The van der Waals surface area contributed by atoms with E-state index in [-0.39, 0.29) is 11.9 Å². The van der Waals surface area contributed by atoms with E-state index in [1.807, 2.05) is 0 Å². The zero-order chi connectivity index (χ0) is 16.6. The van der Waals surface area contributed by atoms with Crippen molar-refractivity contribution in [1.82, 2.24) is 10.2 Å². The number of rotatable bonds is 15. The molecule has 0 saturated carbocycles. The van der Waals surface area contributed by atoms with Gasteiger partial charge in [-0.05, 0) is 25.9 Å². The number of hydrogen-bond donors (Lipinski definition) is 1. The van der Waals surface area contributed by atoms with Crippen LogP contribution in [0.1, 0.15) is 91.9 Å². The Hall–Kier alpha value is -0.570. The molecule has 132 valence electrons. The van der Waals surface area contributed by atoms with Gasteiger partial charge in [0, 0.05) is 6.54 Å². The van der Waals surface area contributed by atoms with Crippen molar-refractivity contribution in [3.05, 3.63) is 0 Å². The van der Waals surface area contributed by atoms with Gasteiger partial charge in [-0.3, -0.25) is 9.69 Å². The average molecular weight is 313 g/mol. The van der Waals surface area contributed by atoms with E-state index in [0.29, 0.717) is 0 Å². The SMILES string of the molecule is CCCCCCCCCCNC(=O)C(CCC)N(CC)CC. The molecule has 0 aromatic rings. The Balaban J connectivity index is 3.76. The first kappa shape index (κ1) is 21.4. The first-order valence-corrected chi connectivity index (χ1v) is 9.72. The molecule has 0 bridgehead atoms. The van der Waals surface area contributed by atoms with Crippen LogP contribution < -0.4 is 5.32 Å². The maximum atomic E-state index is 12.3. The summed E-state index contributed by atoms with van der Waals surface area (Å²) in [4.78, 5) is 14.6. The molecule has 0 saturated heterocycles. The number of unbranched alkanes of at least 4 members (excludes halogenated alkanes) is 7. The van der Waals surface area contributed by atoms with Gasteiger partial charge in [0.1, 0.15) is 0 Å². The Morgan fingerprint density at radius 2 is 1.36 bits per heavy atom. The van der Waals surface area contributed by atoms with E-state index in [1.165, 1.54) is 44.9 Å². The summed E-state index contributed by atoms with van der Waals surface area (Å²) in [5, 5.41) is 3.15. The molecule has 0 heterocycles. The van der Waals surface area contributed by atoms with Gasteiger partial charge in [-0.25, -0.2) is 0 Å². The van der Waals surface area contributed by atoms with Crippen LogP contribution in [-0.2, 0) is 4.79 Å². The van der Waals surface area contributed by atoms with E-state index in [9.17, 15) is 4.79 Å². The molecule has 1 N–H and O–H groups in total. The number of hydrogen-bond acceptors (Lipinski definition) is 2. The summed E-state index contributed by atoms with van der Waals surface area (Å²) in [5.74, 6) is 0.230. The van der Waals surface area contributed by atoms with Crippen LogP contribution in [0.5, 0.6) is 0 Å². The van der Waals surface area contributed by atoms with E-state index in [1.54, 1.807) is 0 Å². The zero-order valence-electron chi connectivity index (χ0n) is 15.6. The van der Waals surface area contributed by atoms with Gasteiger partial charge in [0.2, 0.25) is 5.91 Å². The molecule has 0 fully saturated rings. The van der Waals surface area contributed by atoms with Crippen molar-refractivity contribution in [2.24, 2.45) is 0 Å². The lowest BCUT2D eigenvalue weighted by atomic mass is 10.1. The van der Waals surface area contributed by atoms with Gasteiger partial charge in [0.25, 0.3) is 0 Å². The minimum absolute atomic E-state index is 0.0639. The monoisotopic (exact) mass is 312 g/mol. The van der Waals surface area contributed by atoms with Crippen LogP contribution >= 0.6 is 0 Å². The van der Waals surface area contributed by atoms with Crippen LogP contribution in [-0.4, -0.2) is 36.5 Å². The predicted octanol–water partition coefficient (Wildman–Crippen LogP) is 4.75. The Bertz CT molecular complexity index is 252. The third kappa shape index (κ3) is 10.2. The molecular weight excluding hydrogens is 272 g/mol. The molecule has 0 aliphatic heterocycles. The second-order valence-corrected chi connectivity index (χ2v) is 6.29. The average Bonchev–Trinajstić information content (AvgIpc) is 2.53. The first-order valence-electron chi connectivity index (χ1n) is 9.72. The normalized spacial score (nSPS) is 12.6. The Kier molecular flexibility index (Phi) is 14.9. The summed E-state index contributed by atoms with van der Waals surface area (Å²) in [7, 11) is 0. The van der Waals surface area contributed by atoms with Gasteiger partial charge in [-0.1, -0.05) is 79.1 Å². The molecular formula is C19H40N2O. The van der Waals surface area contributed by atoms with Crippen molar-refractivity contribution in [1.29, 1.82) is 0 Å². The molecule has 0 aromatic heterocycles. The predicted molar refractivity (Wildman–Crippen MR) is 97.2 cm³/mol. The third-order valence-electron chi connectivity index (χ3n) is 4.45. The molecule has 0 rings (SSSR count). The van der Waals surface area contributed by atoms with Gasteiger partial charge in [-0.2, -0.15) is 0 Å². The fourth-order valence-electron chi connectivity index (χ4n) is 3.01. The van der Waals surface area contributed by atoms with E-state index in [2.05, 4.69) is 37.9 Å². The maximum Gasteiger partial charge on any atom is 0.237 e. The first-order chi connectivity index (χ1) is 10.7. The minimum Gasteiger partial charge on any atom is -0.355 e. The van der Waals surface area contributed by atoms with Crippen LogP contribution in [0.2, 0.25) is 0 Å². The fraction of sp³-hybridized carbons (Fsp3) is 0.947. The molecule has 1 unspecified atom stereocenters.